The van der Waals surface area contributed by atoms with Gasteiger partial charge in [0.2, 0.25) is 0 Å². The summed E-state index contributed by atoms with van der Waals surface area (Å²) in [4.78, 5) is 0. The van der Waals surface area contributed by atoms with Gasteiger partial charge in [0.1, 0.15) is 0 Å². The Morgan fingerprint density at radius 2 is 2.12 bits per heavy atom. The molecule has 0 spiro atoms. The van der Waals surface area contributed by atoms with Crippen LogP contribution in [0.25, 0.3) is 0 Å². The summed E-state index contributed by atoms with van der Waals surface area (Å²) in [6.07, 6.45) is 5.02. The predicted octanol–water partition coefficient (Wildman–Crippen LogP) is 1.39. The first kappa shape index (κ1) is 4.80. The molecule has 1 aliphatic heterocycles. The molecule has 0 N–H and O–H groups in total. The second-order valence-corrected chi connectivity index (χ2v) is 2.89. The molecule has 1 heteroatoms. The zero-order chi connectivity index (χ0) is 5.56. The van der Waals surface area contributed by atoms with Gasteiger partial charge in [0.05, 0.1) is 12.2 Å². The van der Waals surface area contributed by atoms with Gasteiger partial charge in [-0.15, -0.1) is 0 Å². The molecule has 1 aliphatic carbocycles. The third-order valence-corrected chi connectivity index (χ3v) is 2.11. The summed E-state index contributed by atoms with van der Waals surface area (Å²) in [5.41, 5.74) is 0. The molecule has 1 radical (unpaired) electrons. The highest BCUT2D eigenvalue weighted by molar-refractivity contribution is 4.92. The number of epoxide rings is 1. The summed E-state index contributed by atoms with van der Waals surface area (Å²) in [6.45, 7) is 3.99. The van der Waals surface area contributed by atoms with E-state index < -0.39 is 0 Å². The minimum absolute atomic E-state index is 0.617. The van der Waals surface area contributed by atoms with Crippen molar-refractivity contribution in [1.82, 2.24) is 0 Å². The number of rotatable bonds is 0. The summed E-state index contributed by atoms with van der Waals surface area (Å²) >= 11 is 0. The molecule has 0 amide bonds. The summed E-state index contributed by atoms with van der Waals surface area (Å²) < 4.78 is 5.31. The van der Waals surface area contributed by atoms with Crippen LogP contribution in [0.15, 0.2) is 0 Å². The highest BCUT2D eigenvalue weighted by atomic mass is 16.6. The zero-order valence-corrected chi connectivity index (χ0v) is 4.97. The number of ether oxygens (including phenoxy) is 1. The third-order valence-electron chi connectivity index (χ3n) is 2.11. The Hall–Kier alpha value is -0.0400. The fourth-order valence-electron chi connectivity index (χ4n) is 1.49. The SMILES string of the molecule is [CH2]C1CCC2OC2C1. The van der Waals surface area contributed by atoms with Crippen molar-refractivity contribution in [1.29, 1.82) is 0 Å². The molecule has 1 heterocycles. The number of hydrogen-bond donors (Lipinski definition) is 0. The lowest BCUT2D eigenvalue weighted by atomic mass is 9.91. The lowest BCUT2D eigenvalue weighted by molar-refractivity contribution is 0.370. The molecular formula is C7H11O. The largest absolute Gasteiger partial charge is 0.370 e. The predicted molar refractivity (Wildman–Crippen MR) is 31.4 cm³/mol. The topological polar surface area (TPSA) is 12.5 Å². The van der Waals surface area contributed by atoms with Crippen molar-refractivity contribution < 1.29 is 4.74 Å². The first-order valence-corrected chi connectivity index (χ1v) is 3.35. The molecule has 3 unspecified atom stereocenters. The van der Waals surface area contributed by atoms with Gasteiger partial charge in [-0.05, 0) is 25.2 Å². The minimum Gasteiger partial charge on any atom is -0.370 e. The molecule has 2 rings (SSSR count). The van der Waals surface area contributed by atoms with Crippen molar-refractivity contribution in [3.05, 3.63) is 6.92 Å². The van der Waals surface area contributed by atoms with Crippen LogP contribution in [-0.2, 0) is 4.74 Å². The van der Waals surface area contributed by atoms with Crippen LogP contribution >= 0.6 is 0 Å². The van der Waals surface area contributed by atoms with Gasteiger partial charge in [0, 0.05) is 0 Å². The molecule has 2 aliphatic rings. The summed E-state index contributed by atoms with van der Waals surface area (Å²) in [5.74, 6) is 0.679. The Morgan fingerprint density at radius 3 is 2.75 bits per heavy atom. The monoisotopic (exact) mass is 111 g/mol. The van der Waals surface area contributed by atoms with Crippen molar-refractivity contribution in [3.63, 3.8) is 0 Å². The Kier molecular flexibility index (Phi) is 0.884. The van der Waals surface area contributed by atoms with E-state index in [1.807, 2.05) is 0 Å². The van der Waals surface area contributed by atoms with Gasteiger partial charge in [0.25, 0.3) is 0 Å². The van der Waals surface area contributed by atoms with Crippen molar-refractivity contribution in [2.75, 3.05) is 0 Å². The molecule has 2 fully saturated rings. The van der Waals surface area contributed by atoms with Crippen LogP contribution in [0.4, 0.5) is 0 Å². The smallest absolute Gasteiger partial charge is 0.0844 e. The van der Waals surface area contributed by atoms with Crippen LogP contribution in [-0.4, -0.2) is 12.2 Å². The van der Waals surface area contributed by atoms with E-state index in [0.29, 0.717) is 18.1 Å². The maximum atomic E-state index is 5.31. The molecule has 1 saturated heterocycles. The molecule has 1 saturated carbocycles. The molecule has 0 aromatic carbocycles. The van der Waals surface area contributed by atoms with Crippen LogP contribution < -0.4 is 0 Å². The van der Waals surface area contributed by atoms with Crippen LogP contribution in [0, 0.1) is 12.8 Å². The van der Waals surface area contributed by atoms with E-state index in [1.165, 1.54) is 19.3 Å². The summed E-state index contributed by atoms with van der Waals surface area (Å²) in [6, 6.07) is 0. The van der Waals surface area contributed by atoms with Gasteiger partial charge >= 0.3 is 0 Å². The average molecular weight is 111 g/mol. The second-order valence-electron chi connectivity index (χ2n) is 2.89. The number of fused-ring (bicyclic) bond motifs is 1. The van der Waals surface area contributed by atoms with E-state index in [2.05, 4.69) is 6.92 Å². The summed E-state index contributed by atoms with van der Waals surface area (Å²) in [7, 11) is 0. The van der Waals surface area contributed by atoms with E-state index >= 15 is 0 Å². The molecule has 1 nitrogen and oxygen atoms in total. The maximum absolute atomic E-state index is 5.31. The lowest BCUT2D eigenvalue weighted by Gasteiger charge is -2.11. The minimum atomic E-state index is 0.617. The van der Waals surface area contributed by atoms with E-state index in [4.69, 9.17) is 4.74 Å². The standard InChI is InChI=1S/C7H11O/c1-5-2-3-6-7(4-5)8-6/h5-7H,1-4H2. The Balaban J connectivity index is 1.93. The normalized spacial score (nSPS) is 52.9. The first-order chi connectivity index (χ1) is 3.86. The van der Waals surface area contributed by atoms with Crippen LogP contribution in [0.5, 0.6) is 0 Å². The fraction of sp³-hybridized carbons (Fsp3) is 0.857. The van der Waals surface area contributed by atoms with Gasteiger partial charge in [-0.3, -0.25) is 0 Å². The Morgan fingerprint density at radius 1 is 1.25 bits per heavy atom. The van der Waals surface area contributed by atoms with Crippen molar-refractivity contribution in [2.24, 2.45) is 5.92 Å². The first-order valence-electron chi connectivity index (χ1n) is 3.35. The molecule has 45 valence electrons. The highest BCUT2D eigenvalue weighted by Gasteiger charge is 2.42. The van der Waals surface area contributed by atoms with Gasteiger partial charge in [0.15, 0.2) is 0 Å². The molecule has 8 heavy (non-hydrogen) atoms. The molecule has 0 bridgehead atoms. The van der Waals surface area contributed by atoms with Crippen molar-refractivity contribution in [3.8, 4) is 0 Å². The third kappa shape index (κ3) is 0.655. The van der Waals surface area contributed by atoms with E-state index in [9.17, 15) is 0 Å². The molecule has 0 aromatic rings. The van der Waals surface area contributed by atoms with E-state index in [-0.39, 0.29) is 0 Å². The summed E-state index contributed by atoms with van der Waals surface area (Å²) in [5, 5.41) is 0. The maximum Gasteiger partial charge on any atom is 0.0844 e. The van der Waals surface area contributed by atoms with Crippen LogP contribution in [0.1, 0.15) is 19.3 Å². The highest BCUT2D eigenvalue weighted by Crippen LogP contribution is 2.38. The second kappa shape index (κ2) is 1.47. The van der Waals surface area contributed by atoms with Gasteiger partial charge < -0.3 is 4.74 Å². The number of hydrogen-bond acceptors (Lipinski definition) is 1. The van der Waals surface area contributed by atoms with E-state index in [0.717, 1.165) is 0 Å². The van der Waals surface area contributed by atoms with Crippen molar-refractivity contribution >= 4 is 0 Å². The molecular weight excluding hydrogens is 100 g/mol. The fourth-order valence-corrected chi connectivity index (χ4v) is 1.49. The lowest BCUT2D eigenvalue weighted by Crippen LogP contribution is -2.09. The Labute approximate surface area is 50.0 Å². The van der Waals surface area contributed by atoms with E-state index in [1.54, 1.807) is 0 Å². The van der Waals surface area contributed by atoms with Gasteiger partial charge in [-0.25, -0.2) is 0 Å². The Bertz CT molecular complexity index is 101. The van der Waals surface area contributed by atoms with Gasteiger partial charge in [-0.2, -0.15) is 0 Å². The van der Waals surface area contributed by atoms with Crippen LogP contribution in [0.3, 0.4) is 0 Å². The van der Waals surface area contributed by atoms with Gasteiger partial charge in [-0.1, -0.05) is 6.92 Å². The van der Waals surface area contributed by atoms with Crippen LogP contribution in [0.2, 0.25) is 0 Å². The molecule has 0 aromatic heterocycles. The molecule has 3 atom stereocenters. The quantitative estimate of drug-likeness (QED) is 0.430. The van der Waals surface area contributed by atoms with Crippen molar-refractivity contribution in [2.45, 2.75) is 31.5 Å². The average Bonchev–Trinajstić information content (AvgIpc) is 2.43. The zero-order valence-electron chi connectivity index (χ0n) is 4.97.